The minimum absolute atomic E-state index is 0.132. The van der Waals surface area contributed by atoms with E-state index >= 15 is 0 Å². The van der Waals surface area contributed by atoms with E-state index in [1.165, 1.54) is 10.9 Å². The van der Waals surface area contributed by atoms with Crippen molar-refractivity contribution in [3.8, 4) is 0 Å². The number of H-pyrrole nitrogens is 1. The van der Waals surface area contributed by atoms with Crippen LogP contribution < -0.4 is 10.6 Å². The number of carbonyl (C=O) groups is 1. The van der Waals surface area contributed by atoms with Gasteiger partial charge in [0.15, 0.2) is 0 Å². The van der Waals surface area contributed by atoms with Gasteiger partial charge in [-0.1, -0.05) is 18.2 Å². The van der Waals surface area contributed by atoms with Crippen LogP contribution in [0.4, 0.5) is 4.79 Å². The largest absolute Gasteiger partial charge is 0.358 e. The van der Waals surface area contributed by atoms with Gasteiger partial charge in [0.25, 0.3) is 0 Å². The first-order valence-electron chi connectivity index (χ1n) is 7.44. The molecule has 0 radical (unpaired) electrons. The molecule has 2 heterocycles. The second-order valence-electron chi connectivity index (χ2n) is 5.36. The summed E-state index contributed by atoms with van der Waals surface area (Å²) in [4.78, 5) is 16.4. The predicted octanol–water partition coefficient (Wildman–Crippen LogP) is 4.34. The summed E-state index contributed by atoms with van der Waals surface area (Å²) in [7, 11) is 0. The molecule has 120 valence electrons. The Labute approximate surface area is 147 Å². The highest BCUT2D eigenvalue weighted by Gasteiger charge is 2.08. The van der Waals surface area contributed by atoms with Crippen LogP contribution in [0.5, 0.6) is 0 Å². The first kappa shape index (κ1) is 16.1. The molecule has 6 heteroatoms. The molecule has 1 aromatic carbocycles. The number of hydrogen-bond acceptors (Lipinski definition) is 2. The lowest BCUT2D eigenvalue weighted by atomic mass is 10.1. The first-order valence-corrected chi connectivity index (χ1v) is 9.11. The molecular weight excluding hydrogens is 374 g/mol. The van der Waals surface area contributed by atoms with Gasteiger partial charge in [0.1, 0.15) is 0 Å². The molecule has 0 saturated carbocycles. The molecule has 0 spiro atoms. The van der Waals surface area contributed by atoms with E-state index in [0.717, 1.165) is 27.0 Å². The number of thiophene rings is 1. The van der Waals surface area contributed by atoms with Gasteiger partial charge in [-0.05, 0) is 47.0 Å². The lowest BCUT2D eigenvalue weighted by molar-refractivity contribution is 0.240. The first-order chi connectivity index (χ1) is 11.1. The van der Waals surface area contributed by atoms with E-state index in [1.807, 2.05) is 23.6 Å². The maximum Gasteiger partial charge on any atom is 0.315 e. The fourth-order valence-corrected chi connectivity index (χ4v) is 4.03. The Morgan fingerprint density at radius 3 is 2.91 bits per heavy atom. The van der Waals surface area contributed by atoms with Crippen LogP contribution in [-0.2, 0) is 13.0 Å². The molecule has 0 aliphatic heterocycles. The summed E-state index contributed by atoms with van der Waals surface area (Å²) >= 11 is 5.03. The number of para-hydroxylation sites is 1. The number of hydrogen-bond donors (Lipinski definition) is 3. The minimum atomic E-state index is -0.132. The number of fused-ring (bicyclic) bond motifs is 1. The predicted molar refractivity (Wildman–Crippen MR) is 99.0 cm³/mol. The summed E-state index contributed by atoms with van der Waals surface area (Å²) in [5, 5.41) is 9.04. The smallest absolute Gasteiger partial charge is 0.315 e. The summed E-state index contributed by atoms with van der Waals surface area (Å²) in [6.07, 6.45) is 0.813. The van der Waals surface area contributed by atoms with Crippen LogP contribution in [0.25, 0.3) is 10.9 Å². The number of carbonyl (C=O) groups excluding carboxylic acids is 1. The topological polar surface area (TPSA) is 56.9 Å². The average molecular weight is 392 g/mol. The molecule has 3 rings (SSSR count). The molecule has 0 unspecified atom stereocenters. The Hall–Kier alpha value is -1.79. The zero-order chi connectivity index (χ0) is 16.2. The Balaban J connectivity index is 1.50. The Morgan fingerprint density at radius 2 is 2.13 bits per heavy atom. The number of aromatic amines is 1. The maximum absolute atomic E-state index is 11.9. The monoisotopic (exact) mass is 391 g/mol. The van der Waals surface area contributed by atoms with Crippen molar-refractivity contribution in [2.45, 2.75) is 19.9 Å². The van der Waals surface area contributed by atoms with Crippen LogP contribution in [0, 0.1) is 6.92 Å². The Bertz CT molecular complexity index is 824. The third-order valence-electron chi connectivity index (χ3n) is 3.73. The van der Waals surface area contributed by atoms with Gasteiger partial charge in [-0.2, -0.15) is 0 Å². The quantitative estimate of drug-likeness (QED) is 0.594. The SMILES string of the molecule is Cc1[nH]c2ccccc2c1CCNC(=O)NCc1cc(Br)cs1. The third-order valence-corrected chi connectivity index (χ3v) is 5.43. The number of aromatic nitrogens is 1. The van der Waals surface area contributed by atoms with E-state index in [4.69, 9.17) is 0 Å². The third kappa shape index (κ3) is 3.95. The van der Waals surface area contributed by atoms with E-state index in [9.17, 15) is 4.79 Å². The van der Waals surface area contributed by atoms with Crippen LogP contribution in [0.3, 0.4) is 0 Å². The van der Waals surface area contributed by atoms with Crippen molar-refractivity contribution in [1.82, 2.24) is 15.6 Å². The molecule has 0 aliphatic carbocycles. The molecule has 3 N–H and O–H groups in total. The number of halogens is 1. The molecule has 0 atom stereocenters. The number of nitrogens with one attached hydrogen (secondary N) is 3. The molecule has 0 bridgehead atoms. The van der Waals surface area contributed by atoms with Gasteiger partial charge in [0, 0.05) is 37.9 Å². The van der Waals surface area contributed by atoms with Gasteiger partial charge < -0.3 is 15.6 Å². The normalized spacial score (nSPS) is 10.9. The number of amides is 2. The van der Waals surface area contributed by atoms with E-state index in [0.29, 0.717) is 13.1 Å². The highest BCUT2D eigenvalue weighted by molar-refractivity contribution is 9.10. The van der Waals surface area contributed by atoms with E-state index in [2.05, 4.69) is 50.6 Å². The van der Waals surface area contributed by atoms with Gasteiger partial charge in [-0.15, -0.1) is 11.3 Å². The van der Waals surface area contributed by atoms with Crippen molar-refractivity contribution >= 4 is 44.2 Å². The molecule has 0 aliphatic rings. The van der Waals surface area contributed by atoms with Crippen LogP contribution in [-0.4, -0.2) is 17.6 Å². The number of benzene rings is 1. The second kappa shape index (κ2) is 7.19. The van der Waals surface area contributed by atoms with Gasteiger partial charge in [0.2, 0.25) is 0 Å². The minimum Gasteiger partial charge on any atom is -0.358 e. The summed E-state index contributed by atoms with van der Waals surface area (Å²) < 4.78 is 1.05. The van der Waals surface area contributed by atoms with Crippen LogP contribution >= 0.6 is 27.3 Å². The molecule has 23 heavy (non-hydrogen) atoms. The van der Waals surface area contributed by atoms with Crippen molar-refractivity contribution in [2.75, 3.05) is 6.54 Å². The fraction of sp³-hybridized carbons (Fsp3) is 0.235. The van der Waals surface area contributed by atoms with Crippen LogP contribution in [0.15, 0.2) is 40.2 Å². The zero-order valence-corrected chi connectivity index (χ0v) is 15.2. The van der Waals surface area contributed by atoms with Crippen LogP contribution in [0.1, 0.15) is 16.1 Å². The number of rotatable bonds is 5. The second-order valence-corrected chi connectivity index (χ2v) is 7.28. The Kier molecular flexibility index (Phi) is 5.03. The fourth-order valence-electron chi connectivity index (χ4n) is 2.63. The summed E-state index contributed by atoms with van der Waals surface area (Å²) in [5.74, 6) is 0. The van der Waals surface area contributed by atoms with Crippen molar-refractivity contribution < 1.29 is 4.79 Å². The number of aryl methyl sites for hydroxylation is 1. The highest BCUT2D eigenvalue weighted by atomic mass is 79.9. The molecular formula is C17H18BrN3OS. The van der Waals surface area contributed by atoms with Crippen molar-refractivity contribution in [1.29, 1.82) is 0 Å². The average Bonchev–Trinajstić information content (AvgIpc) is 3.09. The van der Waals surface area contributed by atoms with E-state index < -0.39 is 0 Å². The molecule has 0 saturated heterocycles. The van der Waals surface area contributed by atoms with Crippen molar-refractivity contribution in [2.24, 2.45) is 0 Å². The standard InChI is InChI=1S/C17H18BrN3OS/c1-11-14(15-4-2-3-5-16(15)21-11)6-7-19-17(22)20-9-13-8-12(18)10-23-13/h2-5,8,10,21H,6-7,9H2,1H3,(H2,19,20,22). The maximum atomic E-state index is 11.9. The van der Waals surface area contributed by atoms with E-state index in [1.54, 1.807) is 11.3 Å². The number of urea groups is 1. The summed E-state index contributed by atoms with van der Waals surface area (Å²) in [6, 6.07) is 10.1. The van der Waals surface area contributed by atoms with Crippen molar-refractivity contribution in [3.63, 3.8) is 0 Å². The van der Waals surface area contributed by atoms with Gasteiger partial charge in [-0.3, -0.25) is 0 Å². The molecule has 4 nitrogen and oxygen atoms in total. The molecule has 0 fully saturated rings. The lowest BCUT2D eigenvalue weighted by Crippen LogP contribution is -2.36. The lowest BCUT2D eigenvalue weighted by Gasteiger charge is -2.07. The highest BCUT2D eigenvalue weighted by Crippen LogP contribution is 2.22. The van der Waals surface area contributed by atoms with Gasteiger partial charge >= 0.3 is 6.03 Å². The van der Waals surface area contributed by atoms with Crippen molar-refractivity contribution in [3.05, 3.63) is 56.3 Å². The molecule has 2 aromatic heterocycles. The summed E-state index contributed by atoms with van der Waals surface area (Å²) in [6.45, 7) is 3.24. The Morgan fingerprint density at radius 1 is 1.30 bits per heavy atom. The summed E-state index contributed by atoms with van der Waals surface area (Å²) in [5.41, 5.74) is 3.58. The zero-order valence-electron chi connectivity index (χ0n) is 12.8. The van der Waals surface area contributed by atoms with Crippen LogP contribution in [0.2, 0.25) is 0 Å². The van der Waals surface area contributed by atoms with E-state index in [-0.39, 0.29) is 6.03 Å². The molecule has 2 amide bonds. The van der Waals surface area contributed by atoms with Gasteiger partial charge in [0.05, 0.1) is 6.54 Å². The van der Waals surface area contributed by atoms with Gasteiger partial charge in [-0.25, -0.2) is 4.79 Å². The molecule has 3 aromatic rings.